The van der Waals surface area contributed by atoms with E-state index in [0.29, 0.717) is 24.3 Å². The zero-order chi connectivity index (χ0) is 22.7. The van der Waals surface area contributed by atoms with Crippen LogP contribution in [0.3, 0.4) is 0 Å². The molecule has 0 bridgehead atoms. The minimum atomic E-state index is 0.256. The third-order valence-electron chi connectivity index (χ3n) is 6.73. The summed E-state index contributed by atoms with van der Waals surface area (Å²) < 4.78 is 4.22. The molecule has 4 heterocycles. The Morgan fingerprint density at radius 1 is 1.21 bits per heavy atom. The van der Waals surface area contributed by atoms with Crippen LogP contribution in [0.2, 0.25) is 0 Å². The first kappa shape index (κ1) is 20.7. The molecule has 0 radical (unpaired) electrons. The lowest BCUT2D eigenvalue weighted by molar-refractivity contribution is -0.131. The number of anilines is 2. The van der Waals surface area contributed by atoms with Crippen LogP contribution in [0.1, 0.15) is 50.1 Å². The number of fused-ring (bicyclic) bond motifs is 3. The van der Waals surface area contributed by atoms with Crippen molar-refractivity contribution in [2.45, 2.75) is 71.0 Å². The molecule has 0 aromatic carbocycles. The van der Waals surface area contributed by atoms with Crippen molar-refractivity contribution in [3.05, 3.63) is 29.2 Å². The molecule has 1 amide bonds. The van der Waals surface area contributed by atoms with Gasteiger partial charge in [0.1, 0.15) is 11.2 Å². The number of carbonyl (C=O) groups is 1. The van der Waals surface area contributed by atoms with Crippen LogP contribution in [0, 0.1) is 0 Å². The Morgan fingerprint density at radius 2 is 1.97 bits per heavy atom. The van der Waals surface area contributed by atoms with E-state index >= 15 is 0 Å². The van der Waals surface area contributed by atoms with E-state index in [1.807, 2.05) is 24.1 Å². The van der Waals surface area contributed by atoms with E-state index in [-0.39, 0.29) is 5.91 Å². The second-order valence-electron chi connectivity index (χ2n) is 9.18. The van der Waals surface area contributed by atoms with Crippen molar-refractivity contribution in [2.24, 2.45) is 7.05 Å². The summed E-state index contributed by atoms with van der Waals surface area (Å²) in [7, 11) is 2.01. The van der Waals surface area contributed by atoms with Gasteiger partial charge in [-0.1, -0.05) is 6.92 Å². The summed E-state index contributed by atoms with van der Waals surface area (Å²) in [5.74, 6) is 0.963. The Hall–Kier alpha value is -2.94. The van der Waals surface area contributed by atoms with E-state index in [1.54, 1.807) is 11.3 Å². The van der Waals surface area contributed by atoms with Crippen molar-refractivity contribution in [1.82, 2.24) is 29.0 Å². The summed E-state index contributed by atoms with van der Waals surface area (Å²) in [4.78, 5) is 30.8. The van der Waals surface area contributed by atoms with E-state index in [9.17, 15) is 4.79 Å². The number of thiazole rings is 1. The van der Waals surface area contributed by atoms with Gasteiger partial charge in [-0.3, -0.25) is 4.79 Å². The van der Waals surface area contributed by atoms with Crippen molar-refractivity contribution in [2.75, 3.05) is 5.32 Å². The smallest absolute Gasteiger partial charge is 0.229 e. The third kappa shape index (κ3) is 3.58. The number of hydrogen-bond acceptors (Lipinski definition) is 6. The number of nitrogens with zero attached hydrogens (tertiary/aromatic N) is 6. The van der Waals surface area contributed by atoms with Crippen LogP contribution < -0.4 is 5.32 Å². The van der Waals surface area contributed by atoms with Gasteiger partial charge in [0.2, 0.25) is 5.91 Å². The van der Waals surface area contributed by atoms with Gasteiger partial charge in [0.15, 0.2) is 10.9 Å². The predicted molar refractivity (Wildman–Crippen MR) is 131 cm³/mol. The summed E-state index contributed by atoms with van der Waals surface area (Å²) in [6.07, 6.45) is 9.73. The SMILES string of the molecule is CCc1cnc(Nc2nc3c(cc(CC(=O)N(C4CC4)C4CC4)n3CC)c3c2ncn3C)s1. The van der Waals surface area contributed by atoms with Gasteiger partial charge < -0.3 is 19.4 Å². The molecule has 2 saturated carbocycles. The van der Waals surface area contributed by atoms with E-state index < -0.39 is 0 Å². The Morgan fingerprint density at radius 3 is 2.61 bits per heavy atom. The average molecular weight is 464 g/mol. The third-order valence-corrected chi connectivity index (χ3v) is 7.79. The molecule has 4 aromatic rings. The van der Waals surface area contributed by atoms with Gasteiger partial charge in [-0.05, 0) is 45.1 Å². The molecule has 2 aliphatic rings. The highest BCUT2D eigenvalue weighted by Crippen LogP contribution is 2.38. The maximum absolute atomic E-state index is 13.3. The van der Waals surface area contributed by atoms with E-state index in [2.05, 4.69) is 44.7 Å². The van der Waals surface area contributed by atoms with Crippen molar-refractivity contribution >= 4 is 50.3 Å². The molecule has 172 valence electrons. The molecule has 0 spiro atoms. The summed E-state index contributed by atoms with van der Waals surface area (Å²) in [6, 6.07) is 3.08. The summed E-state index contributed by atoms with van der Waals surface area (Å²) in [5, 5.41) is 5.26. The second-order valence-corrected chi connectivity index (χ2v) is 10.3. The fourth-order valence-corrected chi connectivity index (χ4v) is 5.59. The number of carbonyl (C=O) groups excluding carboxylic acids is 1. The summed E-state index contributed by atoms with van der Waals surface area (Å²) in [6.45, 7) is 5.00. The molecule has 6 rings (SSSR count). The van der Waals surface area contributed by atoms with Crippen molar-refractivity contribution in [3.8, 4) is 0 Å². The van der Waals surface area contributed by atoms with Crippen LogP contribution in [0.5, 0.6) is 0 Å². The number of aromatic nitrogens is 5. The molecular weight excluding hydrogens is 434 g/mol. The van der Waals surface area contributed by atoms with E-state index in [0.717, 1.165) is 71.5 Å². The fraction of sp³-hybridized carbons (Fsp3) is 0.500. The molecular formula is C24H29N7OS. The zero-order valence-electron chi connectivity index (χ0n) is 19.3. The predicted octanol–water partition coefficient (Wildman–Crippen LogP) is 4.40. The monoisotopic (exact) mass is 463 g/mol. The molecule has 4 aromatic heterocycles. The Kier molecular flexibility index (Phi) is 4.90. The summed E-state index contributed by atoms with van der Waals surface area (Å²) >= 11 is 1.64. The Balaban J connectivity index is 1.42. The van der Waals surface area contributed by atoms with E-state index in [1.165, 1.54) is 4.88 Å². The molecule has 0 saturated heterocycles. The van der Waals surface area contributed by atoms with E-state index in [4.69, 9.17) is 4.98 Å². The number of pyridine rings is 1. The highest BCUT2D eigenvalue weighted by atomic mass is 32.1. The standard InChI is InChI=1S/C24H29N7OS/c1-4-17-12-25-24(33-17)28-22-20-21(29(3)13-26-20)18-10-16(30(5-2)23(18)27-22)11-19(32)31(14-6-7-14)15-8-9-15/h10,12-15H,4-9,11H2,1-3H3,(H,25,27,28). The first-order valence-corrected chi connectivity index (χ1v) is 12.7. The quantitative estimate of drug-likeness (QED) is 0.419. The highest BCUT2D eigenvalue weighted by Gasteiger charge is 2.42. The van der Waals surface area contributed by atoms with Gasteiger partial charge >= 0.3 is 0 Å². The summed E-state index contributed by atoms with van der Waals surface area (Å²) in [5.41, 5.74) is 3.76. The first-order chi connectivity index (χ1) is 16.1. The molecule has 9 heteroatoms. The number of rotatable bonds is 8. The van der Waals surface area contributed by atoms with Gasteiger partial charge in [0, 0.05) is 47.8 Å². The number of aryl methyl sites for hydroxylation is 3. The minimum absolute atomic E-state index is 0.256. The number of amides is 1. The molecule has 0 atom stereocenters. The Labute approximate surface area is 196 Å². The van der Waals surface area contributed by atoms with Crippen LogP contribution in [-0.2, 0) is 31.2 Å². The van der Waals surface area contributed by atoms with Crippen molar-refractivity contribution in [3.63, 3.8) is 0 Å². The van der Waals surface area contributed by atoms with Gasteiger partial charge in [-0.25, -0.2) is 15.0 Å². The second kappa shape index (κ2) is 7.83. The highest BCUT2D eigenvalue weighted by molar-refractivity contribution is 7.15. The lowest BCUT2D eigenvalue weighted by atomic mass is 10.2. The first-order valence-electron chi connectivity index (χ1n) is 11.9. The van der Waals surface area contributed by atoms with Crippen LogP contribution in [-0.4, -0.2) is 47.0 Å². The lowest BCUT2D eigenvalue weighted by Gasteiger charge is -2.22. The van der Waals surface area contributed by atoms with Gasteiger partial charge in [-0.15, -0.1) is 11.3 Å². The van der Waals surface area contributed by atoms with Crippen molar-refractivity contribution < 1.29 is 4.79 Å². The average Bonchev–Trinajstić information content (AvgIpc) is 3.71. The molecule has 2 fully saturated rings. The van der Waals surface area contributed by atoms with Gasteiger partial charge in [-0.2, -0.15) is 0 Å². The van der Waals surface area contributed by atoms with Crippen LogP contribution >= 0.6 is 11.3 Å². The van der Waals surface area contributed by atoms with Crippen LogP contribution in [0.15, 0.2) is 18.6 Å². The van der Waals surface area contributed by atoms with Crippen LogP contribution in [0.25, 0.3) is 22.1 Å². The topological polar surface area (TPSA) is 80.9 Å². The number of imidazole rings is 1. The largest absolute Gasteiger partial charge is 0.336 e. The zero-order valence-corrected chi connectivity index (χ0v) is 20.2. The Bertz CT molecular complexity index is 1350. The molecule has 8 nitrogen and oxygen atoms in total. The van der Waals surface area contributed by atoms with Gasteiger partial charge in [0.05, 0.1) is 18.3 Å². The fourth-order valence-electron chi connectivity index (χ4n) is 4.84. The van der Waals surface area contributed by atoms with Gasteiger partial charge in [0.25, 0.3) is 0 Å². The number of hydrogen-bond donors (Lipinski definition) is 1. The lowest BCUT2D eigenvalue weighted by Crippen LogP contribution is -2.36. The van der Waals surface area contributed by atoms with Crippen molar-refractivity contribution in [1.29, 1.82) is 0 Å². The minimum Gasteiger partial charge on any atom is -0.336 e. The molecule has 2 aliphatic carbocycles. The normalized spacial score (nSPS) is 16.1. The molecule has 1 N–H and O–H groups in total. The molecule has 0 unspecified atom stereocenters. The maximum atomic E-state index is 13.3. The maximum Gasteiger partial charge on any atom is 0.229 e. The molecule has 33 heavy (non-hydrogen) atoms. The molecule has 0 aliphatic heterocycles. The van der Waals surface area contributed by atoms with Crippen LogP contribution in [0.4, 0.5) is 10.9 Å². The number of nitrogens with one attached hydrogen (secondary N) is 1.